The lowest BCUT2D eigenvalue weighted by atomic mass is 9.95. The van der Waals surface area contributed by atoms with Gasteiger partial charge in [0.1, 0.15) is 23.2 Å². The van der Waals surface area contributed by atoms with Crippen molar-refractivity contribution in [3.8, 4) is 5.75 Å². The van der Waals surface area contributed by atoms with Gasteiger partial charge in [-0.25, -0.2) is 18.4 Å². The van der Waals surface area contributed by atoms with Crippen LogP contribution in [0.4, 0.5) is 8.78 Å². The van der Waals surface area contributed by atoms with Gasteiger partial charge >= 0.3 is 11.9 Å². The van der Waals surface area contributed by atoms with Gasteiger partial charge in [0.25, 0.3) is 0 Å². The van der Waals surface area contributed by atoms with Gasteiger partial charge in [-0.3, -0.25) is 0 Å². The van der Waals surface area contributed by atoms with Gasteiger partial charge < -0.3 is 9.47 Å². The third-order valence-electron chi connectivity index (χ3n) is 3.25. The predicted molar refractivity (Wildman–Crippen MR) is 83.9 cm³/mol. The van der Waals surface area contributed by atoms with Gasteiger partial charge in [-0.1, -0.05) is 13.2 Å². The molecule has 0 aromatic heterocycles. The molecule has 124 valence electrons. The molecule has 1 aliphatic rings. The van der Waals surface area contributed by atoms with E-state index >= 15 is 0 Å². The van der Waals surface area contributed by atoms with Crippen LogP contribution < -0.4 is 4.74 Å². The van der Waals surface area contributed by atoms with Gasteiger partial charge in [0.2, 0.25) is 0 Å². The maximum absolute atomic E-state index is 14.2. The van der Waals surface area contributed by atoms with Crippen molar-refractivity contribution in [3.05, 3.63) is 72.6 Å². The summed E-state index contributed by atoms with van der Waals surface area (Å²) in [7, 11) is 0. The number of hydrogen-bond donors (Lipinski definition) is 0. The second-order valence-corrected chi connectivity index (χ2v) is 4.83. The van der Waals surface area contributed by atoms with Crippen LogP contribution in [0.5, 0.6) is 5.75 Å². The molecule has 0 N–H and O–H groups in total. The Bertz CT molecular complexity index is 775. The molecule has 0 amide bonds. The van der Waals surface area contributed by atoms with E-state index in [-0.39, 0.29) is 35.5 Å². The molecule has 4 nitrogen and oxygen atoms in total. The van der Waals surface area contributed by atoms with Crippen molar-refractivity contribution < 1.29 is 27.8 Å². The van der Waals surface area contributed by atoms with E-state index in [2.05, 4.69) is 13.2 Å². The number of halogens is 2. The van der Waals surface area contributed by atoms with E-state index in [1.54, 1.807) is 0 Å². The summed E-state index contributed by atoms with van der Waals surface area (Å²) < 4.78 is 38.1. The first-order valence-corrected chi connectivity index (χ1v) is 7.02. The second-order valence-electron chi connectivity index (χ2n) is 4.83. The van der Waals surface area contributed by atoms with E-state index in [1.807, 2.05) is 0 Å². The lowest BCUT2D eigenvalue weighted by Crippen LogP contribution is -2.06. The predicted octanol–water partition coefficient (Wildman–Crippen LogP) is 4.00. The fourth-order valence-corrected chi connectivity index (χ4v) is 2.14. The molecule has 0 atom stereocenters. The molecule has 0 fully saturated rings. The minimum Gasteiger partial charge on any atom is -0.428 e. The summed E-state index contributed by atoms with van der Waals surface area (Å²) in [6.45, 7) is 6.49. The number of allylic oxidation sites excluding steroid dienone is 4. The monoisotopic (exact) mass is 332 g/mol. The number of benzene rings is 1. The Morgan fingerprint density at radius 3 is 2.29 bits per heavy atom. The fourth-order valence-electron chi connectivity index (χ4n) is 2.14. The Labute approximate surface area is 137 Å². The van der Waals surface area contributed by atoms with Crippen molar-refractivity contribution in [1.29, 1.82) is 0 Å². The molecular weight excluding hydrogens is 318 g/mol. The summed E-state index contributed by atoms with van der Waals surface area (Å²) in [6, 6.07) is 3.68. The van der Waals surface area contributed by atoms with Gasteiger partial charge in [-0.15, -0.1) is 0 Å². The van der Waals surface area contributed by atoms with Crippen molar-refractivity contribution in [2.75, 3.05) is 0 Å². The van der Waals surface area contributed by atoms with Crippen LogP contribution >= 0.6 is 0 Å². The Balaban J connectivity index is 2.26. The van der Waals surface area contributed by atoms with Crippen LogP contribution in [0.2, 0.25) is 0 Å². The molecule has 0 aliphatic heterocycles. The van der Waals surface area contributed by atoms with Crippen molar-refractivity contribution in [1.82, 2.24) is 0 Å². The molecule has 6 heteroatoms. The van der Waals surface area contributed by atoms with E-state index in [1.165, 1.54) is 12.1 Å². The zero-order valence-electron chi connectivity index (χ0n) is 12.7. The van der Waals surface area contributed by atoms with Crippen LogP contribution in [-0.2, 0) is 14.3 Å². The van der Waals surface area contributed by atoms with Gasteiger partial charge in [0.15, 0.2) is 0 Å². The Kier molecular flexibility index (Phi) is 5.42. The maximum Gasteiger partial charge on any atom is 0.335 e. The van der Waals surface area contributed by atoms with E-state index in [4.69, 9.17) is 9.47 Å². The molecule has 0 spiro atoms. The average Bonchev–Trinajstić information content (AvgIpc) is 2.55. The summed E-state index contributed by atoms with van der Waals surface area (Å²) >= 11 is 0. The summed E-state index contributed by atoms with van der Waals surface area (Å²) in [5.74, 6) is -2.68. The number of carbonyl (C=O) groups excluding carboxylic acids is 2. The Hall–Kier alpha value is -3.02. The van der Waals surface area contributed by atoms with Gasteiger partial charge in [-0.2, -0.15) is 0 Å². The molecule has 0 saturated carbocycles. The summed E-state index contributed by atoms with van der Waals surface area (Å²) in [4.78, 5) is 22.2. The van der Waals surface area contributed by atoms with Crippen molar-refractivity contribution in [2.45, 2.75) is 12.8 Å². The molecule has 24 heavy (non-hydrogen) atoms. The van der Waals surface area contributed by atoms with Gasteiger partial charge in [-0.05, 0) is 24.1 Å². The van der Waals surface area contributed by atoms with Gasteiger partial charge in [0, 0.05) is 36.3 Å². The zero-order chi connectivity index (χ0) is 17.7. The lowest BCUT2D eigenvalue weighted by Gasteiger charge is -2.16. The van der Waals surface area contributed by atoms with Crippen LogP contribution in [0.15, 0.2) is 61.2 Å². The Morgan fingerprint density at radius 2 is 1.71 bits per heavy atom. The fraction of sp³-hybridized carbons (Fsp3) is 0.111. The summed E-state index contributed by atoms with van der Waals surface area (Å²) in [6.07, 6.45) is 3.37. The molecule has 1 aromatic carbocycles. The highest BCUT2D eigenvalue weighted by molar-refractivity contribution is 5.83. The van der Waals surface area contributed by atoms with Gasteiger partial charge in [0.05, 0.1) is 0 Å². The maximum atomic E-state index is 14.2. The molecule has 0 saturated heterocycles. The van der Waals surface area contributed by atoms with Crippen LogP contribution in [-0.4, -0.2) is 11.9 Å². The molecule has 0 unspecified atom stereocenters. The van der Waals surface area contributed by atoms with Crippen LogP contribution in [0.1, 0.15) is 18.4 Å². The molecule has 0 radical (unpaired) electrons. The number of rotatable bonds is 5. The van der Waals surface area contributed by atoms with E-state index in [0.717, 1.165) is 24.3 Å². The van der Waals surface area contributed by atoms with E-state index in [0.29, 0.717) is 0 Å². The SMILES string of the molecule is C=CC(=O)OC1=CC(F)=C(c2ccc(OC(=O)C=C)cc2F)CC1. The van der Waals surface area contributed by atoms with Crippen molar-refractivity contribution >= 4 is 17.5 Å². The molecule has 0 heterocycles. The quantitative estimate of drug-likeness (QED) is 0.464. The lowest BCUT2D eigenvalue weighted by molar-refractivity contribution is -0.134. The number of esters is 2. The molecule has 0 bridgehead atoms. The topological polar surface area (TPSA) is 52.6 Å². The van der Waals surface area contributed by atoms with Crippen molar-refractivity contribution in [2.24, 2.45) is 0 Å². The minimum absolute atomic E-state index is 0.00545. The normalized spacial score (nSPS) is 13.8. The van der Waals surface area contributed by atoms with E-state index in [9.17, 15) is 18.4 Å². The third-order valence-corrected chi connectivity index (χ3v) is 3.25. The molecule has 2 rings (SSSR count). The summed E-state index contributed by atoms with van der Waals surface area (Å²) in [5, 5.41) is 0. The first-order chi connectivity index (χ1) is 11.4. The summed E-state index contributed by atoms with van der Waals surface area (Å²) in [5.41, 5.74) is 0.198. The average molecular weight is 332 g/mol. The molecular formula is C18H14F2O4. The van der Waals surface area contributed by atoms with Crippen LogP contribution in [0.25, 0.3) is 5.57 Å². The Morgan fingerprint density at radius 1 is 1.04 bits per heavy atom. The first-order valence-electron chi connectivity index (χ1n) is 7.02. The van der Waals surface area contributed by atoms with Crippen LogP contribution in [0, 0.1) is 5.82 Å². The smallest absolute Gasteiger partial charge is 0.335 e. The first kappa shape index (κ1) is 17.3. The third kappa shape index (κ3) is 4.04. The largest absolute Gasteiger partial charge is 0.428 e. The molecule has 1 aliphatic carbocycles. The number of ether oxygens (including phenoxy) is 2. The molecule has 1 aromatic rings. The highest BCUT2D eigenvalue weighted by atomic mass is 19.1. The zero-order valence-corrected chi connectivity index (χ0v) is 12.7. The minimum atomic E-state index is -0.727. The number of hydrogen-bond acceptors (Lipinski definition) is 4. The second kappa shape index (κ2) is 7.50. The number of carbonyl (C=O) groups is 2. The highest BCUT2D eigenvalue weighted by Gasteiger charge is 2.20. The highest BCUT2D eigenvalue weighted by Crippen LogP contribution is 2.35. The standard InChI is InChI=1S/C18H14F2O4/c1-3-17(21)23-11-5-7-13(15(19)9-11)14-8-6-12(10-16(14)20)24-18(22)4-2/h3-5,7,9-10H,1-2,6,8H2. The van der Waals surface area contributed by atoms with E-state index < -0.39 is 23.6 Å². The van der Waals surface area contributed by atoms with Crippen LogP contribution in [0.3, 0.4) is 0 Å². The van der Waals surface area contributed by atoms with Crippen molar-refractivity contribution in [3.63, 3.8) is 0 Å².